The van der Waals surface area contributed by atoms with Gasteiger partial charge >= 0.3 is 0 Å². The highest BCUT2D eigenvalue weighted by Crippen LogP contribution is 2.11. The molecular formula is C9H7O3S. The normalized spacial score (nSPS) is 10.8. The summed E-state index contributed by atoms with van der Waals surface area (Å²) in [4.78, 5) is 10.1. The van der Waals surface area contributed by atoms with E-state index in [-0.39, 0.29) is 4.90 Å². The average molecular weight is 195 g/mol. The topological polar surface area (TPSA) is 51.2 Å². The van der Waals surface area contributed by atoms with Gasteiger partial charge in [0.05, 0.1) is 4.90 Å². The van der Waals surface area contributed by atoms with Crippen LogP contribution in [-0.2, 0) is 15.5 Å². The van der Waals surface area contributed by atoms with E-state index in [1.165, 1.54) is 12.1 Å². The molecule has 67 valence electrons. The number of carbonyl (C=O) groups excluding carboxylic acids is 1. The Morgan fingerprint density at radius 2 is 1.92 bits per heavy atom. The second-order valence-corrected chi connectivity index (χ2v) is 3.26. The van der Waals surface area contributed by atoms with Gasteiger partial charge in [-0.05, 0) is 23.8 Å². The smallest absolute Gasteiger partial charge is 0.225 e. The molecule has 0 spiro atoms. The van der Waals surface area contributed by atoms with E-state index in [0.29, 0.717) is 5.56 Å². The lowest BCUT2D eigenvalue weighted by atomic mass is 10.2. The van der Waals surface area contributed by atoms with E-state index in [4.69, 9.17) is 0 Å². The van der Waals surface area contributed by atoms with Gasteiger partial charge in [-0.2, -0.15) is 0 Å². The molecule has 4 heteroatoms. The van der Waals surface area contributed by atoms with E-state index < -0.39 is 10.7 Å². The quantitative estimate of drug-likeness (QED) is 0.572. The minimum atomic E-state index is -2.61. The molecule has 0 saturated carbocycles. The molecule has 0 atom stereocenters. The van der Waals surface area contributed by atoms with Crippen LogP contribution in [0, 0.1) is 0 Å². The maximum atomic E-state index is 10.7. The molecule has 0 amide bonds. The second-order valence-electron chi connectivity index (χ2n) is 2.27. The zero-order valence-corrected chi connectivity index (χ0v) is 7.53. The van der Waals surface area contributed by atoms with E-state index >= 15 is 0 Å². The van der Waals surface area contributed by atoms with Crippen LogP contribution in [0.2, 0.25) is 0 Å². The Balaban J connectivity index is 3.19. The van der Waals surface area contributed by atoms with E-state index in [1.54, 1.807) is 24.5 Å². The van der Waals surface area contributed by atoms with Crippen molar-refractivity contribution in [3.8, 4) is 0 Å². The SMILES string of the molecule is O=[C]/C=C/c1ccccc1[SH](=O)=O. The summed E-state index contributed by atoms with van der Waals surface area (Å²) in [7, 11) is -2.61. The summed E-state index contributed by atoms with van der Waals surface area (Å²) in [6.07, 6.45) is 4.10. The molecule has 1 aromatic carbocycles. The fraction of sp³-hybridized carbons (Fsp3) is 0. The number of benzene rings is 1. The van der Waals surface area contributed by atoms with Crippen molar-refractivity contribution in [1.29, 1.82) is 0 Å². The van der Waals surface area contributed by atoms with Crippen LogP contribution >= 0.6 is 0 Å². The van der Waals surface area contributed by atoms with Gasteiger partial charge in [-0.25, -0.2) is 8.42 Å². The Kier molecular flexibility index (Phi) is 3.40. The molecule has 0 unspecified atom stereocenters. The molecule has 0 aliphatic carbocycles. The maximum Gasteiger partial charge on any atom is 0.225 e. The summed E-state index contributed by atoms with van der Waals surface area (Å²) in [6, 6.07) is 6.43. The van der Waals surface area contributed by atoms with Gasteiger partial charge in [0.25, 0.3) is 0 Å². The lowest BCUT2D eigenvalue weighted by molar-refractivity contribution is 0.564. The lowest BCUT2D eigenvalue weighted by Crippen LogP contribution is -1.84. The van der Waals surface area contributed by atoms with Crippen molar-refractivity contribution >= 4 is 23.1 Å². The minimum absolute atomic E-state index is 0.212. The van der Waals surface area contributed by atoms with Crippen LogP contribution in [0.25, 0.3) is 6.08 Å². The van der Waals surface area contributed by atoms with E-state index in [9.17, 15) is 13.2 Å². The van der Waals surface area contributed by atoms with Gasteiger partial charge in [0.15, 0.2) is 10.7 Å². The number of hydrogen-bond acceptors (Lipinski definition) is 3. The van der Waals surface area contributed by atoms with E-state index in [0.717, 1.165) is 6.08 Å². The van der Waals surface area contributed by atoms with Gasteiger partial charge in [-0.3, -0.25) is 4.79 Å². The first-order valence-corrected chi connectivity index (χ1v) is 4.71. The molecule has 0 aliphatic rings. The molecule has 13 heavy (non-hydrogen) atoms. The molecule has 0 aromatic heterocycles. The molecule has 3 nitrogen and oxygen atoms in total. The first-order chi connectivity index (χ1) is 6.25. The van der Waals surface area contributed by atoms with Gasteiger partial charge < -0.3 is 0 Å². The summed E-state index contributed by atoms with van der Waals surface area (Å²) in [5, 5.41) is 0. The average Bonchev–Trinajstić information content (AvgIpc) is 2.15. The fourth-order valence-electron chi connectivity index (χ4n) is 0.919. The number of hydrogen-bond donors (Lipinski definition) is 1. The molecule has 0 aliphatic heterocycles. The van der Waals surface area contributed by atoms with Crippen LogP contribution in [0.5, 0.6) is 0 Å². The summed E-state index contributed by atoms with van der Waals surface area (Å²) >= 11 is 0. The van der Waals surface area contributed by atoms with Crippen molar-refractivity contribution in [1.82, 2.24) is 0 Å². The van der Waals surface area contributed by atoms with Crippen molar-refractivity contribution in [3.05, 3.63) is 35.9 Å². The Hall–Kier alpha value is -1.42. The fourth-order valence-corrected chi connectivity index (χ4v) is 1.49. The van der Waals surface area contributed by atoms with Gasteiger partial charge in [0.1, 0.15) is 0 Å². The molecule has 0 fully saturated rings. The first-order valence-electron chi connectivity index (χ1n) is 3.53. The van der Waals surface area contributed by atoms with Crippen LogP contribution in [0.4, 0.5) is 0 Å². The van der Waals surface area contributed by atoms with Crippen LogP contribution in [0.1, 0.15) is 5.56 Å². The third-order valence-electron chi connectivity index (χ3n) is 1.46. The molecule has 0 bridgehead atoms. The van der Waals surface area contributed by atoms with E-state index in [1.807, 2.05) is 0 Å². The third-order valence-corrected chi connectivity index (χ3v) is 2.27. The monoisotopic (exact) mass is 195 g/mol. The first kappa shape index (κ1) is 9.67. The van der Waals surface area contributed by atoms with Crippen LogP contribution in [0.3, 0.4) is 0 Å². The second kappa shape index (κ2) is 4.57. The molecule has 0 saturated heterocycles. The number of rotatable bonds is 3. The predicted molar refractivity (Wildman–Crippen MR) is 49.8 cm³/mol. The van der Waals surface area contributed by atoms with E-state index in [2.05, 4.69) is 0 Å². The minimum Gasteiger partial charge on any atom is -0.286 e. The Morgan fingerprint density at radius 3 is 2.54 bits per heavy atom. The van der Waals surface area contributed by atoms with Crippen LogP contribution in [0.15, 0.2) is 35.2 Å². The maximum absolute atomic E-state index is 10.7. The Labute approximate surface area is 77.7 Å². The van der Waals surface area contributed by atoms with Gasteiger partial charge in [-0.1, -0.05) is 18.2 Å². The standard InChI is InChI=1S/C9H7O3S/c10-7-3-5-8-4-1-2-6-9(8)13(11)12/h1-6,13H/b5-3+. The largest absolute Gasteiger partial charge is 0.286 e. The molecule has 1 radical (unpaired) electrons. The van der Waals surface area contributed by atoms with Crippen molar-refractivity contribution in [2.45, 2.75) is 4.90 Å². The summed E-state index contributed by atoms with van der Waals surface area (Å²) in [5.41, 5.74) is 0.502. The zero-order chi connectivity index (χ0) is 9.68. The highest BCUT2D eigenvalue weighted by atomic mass is 32.2. The summed E-state index contributed by atoms with van der Waals surface area (Å²) < 4.78 is 21.4. The molecular weight excluding hydrogens is 188 g/mol. The molecule has 1 aromatic rings. The van der Waals surface area contributed by atoms with Crippen LogP contribution in [-0.4, -0.2) is 14.7 Å². The zero-order valence-electron chi connectivity index (χ0n) is 6.64. The van der Waals surface area contributed by atoms with Crippen molar-refractivity contribution in [2.24, 2.45) is 0 Å². The Morgan fingerprint density at radius 1 is 1.23 bits per heavy atom. The van der Waals surface area contributed by atoms with Crippen molar-refractivity contribution in [3.63, 3.8) is 0 Å². The van der Waals surface area contributed by atoms with Crippen molar-refractivity contribution < 1.29 is 13.2 Å². The predicted octanol–water partition coefficient (Wildman–Crippen LogP) is 0.780. The van der Waals surface area contributed by atoms with Crippen LogP contribution < -0.4 is 0 Å². The highest BCUT2D eigenvalue weighted by Gasteiger charge is 1.98. The molecule has 0 N–H and O–H groups in total. The molecule has 1 rings (SSSR count). The van der Waals surface area contributed by atoms with Gasteiger partial charge in [0.2, 0.25) is 6.29 Å². The van der Waals surface area contributed by atoms with Crippen molar-refractivity contribution in [2.75, 3.05) is 0 Å². The lowest BCUT2D eigenvalue weighted by Gasteiger charge is -1.95. The Bertz CT molecular complexity index is 397. The number of thiol groups is 1. The molecule has 0 heterocycles. The van der Waals surface area contributed by atoms with Gasteiger partial charge in [-0.15, -0.1) is 0 Å². The number of allylic oxidation sites excluding steroid dienone is 1. The third kappa shape index (κ3) is 2.52. The summed E-state index contributed by atoms with van der Waals surface area (Å²) in [5.74, 6) is 0. The summed E-state index contributed by atoms with van der Waals surface area (Å²) in [6.45, 7) is 0. The highest BCUT2D eigenvalue weighted by molar-refractivity contribution is 7.72. The van der Waals surface area contributed by atoms with Gasteiger partial charge in [0, 0.05) is 0 Å².